The standard InChI is InChI=1S/C14H12ClF3N4O3/c15-10-2-1-8(25-14(16,17)18)5-9(10)12-21-22-13(24-12)11(23)20-7-3-4-19-6-7/h1-2,5,7,19H,3-4,6H2,(H,20,23). The average molecular weight is 377 g/mol. The van der Waals surface area contributed by atoms with Crippen molar-refractivity contribution in [3.8, 4) is 17.2 Å². The molecule has 0 saturated carbocycles. The fraction of sp³-hybridized carbons (Fsp3) is 0.357. The summed E-state index contributed by atoms with van der Waals surface area (Å²) in [5.41, 5.74) is 0.0255. The Morgan fingerprint density at radius 1 is 1.40 bits per heavy atom. The van der Waals surface area contributed by atoms with Crippen molar-refractivity contribution in [2.45, 2.75) is 18.8 Å². The second-order valence-electron chi connectivity index (χ2n) is 5.27. The van der Waals surface area contributed by atoms with E-state index in [1.54, 1.807) is 0 Å². The Kier molecular flexibility index (Phi) is 4.82. The second-order valence-corrected chi connectivity index (χ2v) is 5.67. The Morgan fingerprint density at radius 3 is 2.88 bits per heavy atom. The lowest BCUT2D eigenvalue weighted by Gasteiger charge is -2.10. The lowest BCUT2D eigenvalue weighted by atomic mass is 10.2. The maximum atomic E-state index is 12.3. The third-order valence-corrected chi connectivity index (χ3v) is 3.75. The van der Waals surface area contributed by atoms with Gasteiger partial charge >= 0.3 is 18.2 Å². The number of rotatable bonds is 4. The molecule has 1 aromatic heterocycles. The van der Waals surface area contributed by atoms with Crippen molar-refractivity contribution in [2.75, 3.05) is 13.1 Å². The Hall–Kier alpha value is -2.33. The fourth-order valence-electron chi connectivity index (χ4n) is 2.31. The molecule has 11 heteroatoms. The van der Waals surface area contributed by atoms with Gasteiger partial charge in [-0.2, -0.15) is 0 Å². The van der Waals surface area contributed by atoms with Gasteiger partial charge in [0, 0.05) is 12.6 Å². The van der Waals surface area contributed by atoms with Gasteiger partial charge in [-0.3, -0.25) is 4.79 Å². The highest BCUT2D eigenvalue weighted by Gasteiger charge is 2.31. The van der Waals surface area contributed by atoms with Crippen LogP contribution in [0.5, 0.6) is 5.75 Å². The second kappa shape index (κ2) is 6.89. The van der Waals surface area contributed by atoms with Gasteiger partial charge in [-0.1, -0.05) is 11.6 Å². The minimum absolute atomic E-state index is 0.0255. The molecule has 0 spiro atoms. The van der Waals surface area contributed by atoms with Crippen molar-refractivity contribution in [3.63, 3.8) is 0 Å². The van der Waals surface area contributed by atoms with Gasteiger partial charge in [-0.05, 0) is 31.2 Å². The van der Waals surface area contributed by atoms with Crippen molar-refractivity contribution in [2.24, 2.45) is 0 Å². The Morgan fingerprint density at radius 2 is 2.20 bits per heavy atom. The van der Waals surface area contributed by atoms with Crippen LogP contribution in [0.4, 0.5) is 13.2 Å². The lowest BCUT2D eigenvalue weighted by molar-refractivity contribution is -0.274. The maximum absolute atomic E-state index is 12.3. The van der Waals surface area contributed by atoms with Crippen LogP contribution in [0.1, 0.15) is 17.1 Å². The smallest absolute Gasteiger partial charge is 0.412 e. The van der Waals surface area contributed by atoms with E-state index in [9.17, 15) is 18.0 Å². The van der Waals surface area contributed by atoms with E-state index in [4.69, 9.17) is 16.0 Å². The highest BCUT2D eigenvalue weighted by atomic mass is 35.5. The first-order valence-corrected chi connectivity index (χ1v) is 7.60. The molecule has 0 aliphatic carbocycles. The number of carbonyl (C=O) groups excluding carboxylic acids is 1. The molecule has 2 aromatic rings. The molecule has 7 nitrogen and oxygen atoms in total. The third kappa shape index (κ3) is 4.40. The summed E-state index contributed by atoms with van der Waals surface area (Å²) >= 11 is 5.95. The first kappa shape index (κ1) is 17.5. The molecule has 1 aliphatic rings. The number of hydrogen-bond donors (Lipinski definition) is 2. The molecule has 0 radical (unpaired) electrons. The molecule has 1 unspecified atom stereocenters. The first-order valence-electron chi connectivity index (χ1n) is 7.22. The number of carbonyl (C=O) groups is 1. The van der Waals surface area contributed by atoms with Crippen molar-refractivity contribution < 1.29 is 27.1 Å². The molecular weight excluding hydrogens is 365 g/mol. The van der Waals surface area contributed by atoms with Crippen molar-refractivity contribution in [3.05, 3.63) is 29.1 Å². The topological polar surface area (TPSA) is 89.3 Å². The van der Waals surface area contributed by atoms with E-state index >= 15 is 0 Å². The van der Waals surface area contributed by atoms with Crippen molar-refractivity contribution in [1.29, 1.82) is 0 Å². The number of benzene rings is 1. The minimum atomic E-state index is -4.85. The van der Waals surface area contributed by atoms with Crippen LogP contribution in [0.3, 0.4) is 0 Å². The van der Waals surface area contributed by atoms with Gasteiger partial charge in [0.1, 0.15) is 5.75 Å². The Bertz CT molecular complexity index is 775. The number of alkyl halides is 3. The molecule has 1 atom stereocenters. The highest BCUT2D eigenvalue weighted by molar-refractivity contribution is 6.33. The number of hydrogen-bond acceptors (Lipinski definition) is 6. The minimum Gasteiger partial charge on any atom is -0.412 e. The van der Waals surface area contributed by atoms with Crippen LogP contribution in [0.25, 0.3) is 11.5 Å². The molecule has 134 valence electrons. The summed E-state index contributed by atoms with van der Waals surface area (Å²) in [6, 6.07) is 3.21. The molecule has 0 bridgehead atoms. The fourth-order valence-corrected chi connectivity index (χ4v) is 2.51. The molecule has 1 saturated heterocycles. The quantitative estimate of drug-likeness (QED) is 0.851. The molecule has 1 amide bonds. The van der Waals surface area contributed by atoms with E-state index in [-0.39, 0.29) is 28.4 Å². The number of amides is 1. The number of halogens is 4. The van der Waals surface area contributed by atoms with Gasteiger partial charge in [-0.15, -0.1) is 23.4 Å². The van der Waals surface area contributed by atoms with Gasteiger partial charge < -0.3 is 19.8 Å². The van der Waals surface area contributed by atoms with E-state index < -0.39 is 18.0 Å². The molecule has 2 N–H and O–H groups in total. The van der Waals surface area contributed by atoms with Gasteiger partial charge in [-0.25, -0.2) is 0 Å². The summed E-state index contributed by atoms with van der Waals surface area (Å²) in [6.45, 7) is 1.43. The van der Waals surface area contributed by atoms with Crippen LogP contribution in [-0.4, -0.2) is 41.6 Å². The van der Waals surface area contributed by atoms with Crippen LogP contribution in [-0.2, 0) is 0 Å². The zero-order valence-corrected chi connectivity index (χ0v) is 13.3. The molecule has 1 aliphatic heterocycles. The number of aromatic nitrogens is 2. The first-order chi connectivity index (χ1) is 11.8. The maximum Gasteiger partial charge on any atom is 0.573 e. The van der Waals surface area contributed by atoms with Crippen LogP contribution in [0, 0.1) is 0 Å². The normalized spacial score (nSPS) is 17.5. The summed E-state index contributed by atoms with van der Waals surface area (Å²) in [5.74, 6) is -1.55. The largest absolute Gasteiger partial charge is 0.573 e. The van der Waals surface area contributed by atoms with Crippen molar-refractivity contribution >= 4 is 17.5 Å². The molecule has 25 heavy (non-hydrogen) atoms. The van der Waals surface area contributed by atoms with E-state index in [2.05, 4.69) is 25.6 Å². The van der Waals surface area contributed by atoms with E-state index in [0.29, 0.717) is 6.54 Å². The van der Waals surface area contributed by atoms with Gasteiger partial charge in [0.25, 0.3) is 0 Å². The molecule has 1 fully saturated rings. The van der Waals surface area contributed by atoms with Crippen LogP contribution < -0.4 is 15.4 Å². The zero-order valence-electron chi connectivity index (χ0n) is 12.6. The predicted molar refractivity (Wildman–Crippen MR) is 80.2 cm³/mol. The highest BCUT2D eigenvalue weighted by Crippen LogP contribution is 2.32. The SMILES string of the molecule is O=C(NC1CCNC1)c1nnc(-c2cc(OC(F)(F)F)ccc2Cl)o1. The third-order valence-electron chi connectivity index (χ3n) is 3.42. The van der Waals surface area contributed by atoms with Crippen LogP contribution in [0.2, 0.25) is 5.02 Å². The van der Waals surface area contributed by atoms with E-state index in [0.717, 1.165) is 25.1 Å². The Balaban J connectivity index is 1.79. The number of ether oxygens (including phenoxy) is 1. The lowest BCUT2D eigenvalue weighted by Crippen LogP contribution is -2.36. The molecule has 3 rings (SSSR count). The Labute approximate surface area is 144 Å². The summed E-state index contributed by atoms with van der Waals surface area (Å²) in [5, 5.41) is 13.2. The molecular formula is C14H12ClF3N4O3. The summed E-state index contributed by atoms with van der Waals surface area (Å²) in [7, 11) is 0. The van der Waals surface area contributed by atoms with Crippen molar-refractivity contribution in [1.82, 2.24) is 20.8 Å². The van der Waals surface area contributed by atoms with E-state index in [1.807, 2.05) is 0 Å². The summed E-state index contributed by atoms with van der Waals surface area (Å²) < 4.78 is 46.0. The predicted octanol–water partition coefficient (Wildman–Crippen LogP) is 2.38. The number of nitrogens with zero attached hydrogens (tertiary/aromatic N) is 2. The van der Waals surface area contributed by atoms with Crippen LogP contribution in [0.15, 0.2) is 22.6 Å². The summed E-state index contributed by atoms with van der Waals surface area (Å²) in [4.78, 5) is 12.0. The monoisotopic (exact) mass is 376 g/mol. The van der Waals surface area contributed by atoms with Gasteiger partial charge in [0.15, 0.2) is 0 Å². The van der Waals surface area contributed by atoms with Gasteiger partial charge in [0.2, 0.25) is 5.89 Å². The average Bonchev–Trinajstić information content (AvgIpc) is 3.19. The van der Waals surface area contributed by atoms with Gasteiger partial charge in [0.05, 0.1) is 10.6 Å². The molecule has 2 heterocycles. The number of nitrogens with one attached hydrogen (secondary N) is 2. The summed E-state index contributed by atoms with van der Waals surface area (Å²) in [6.07, 6.45) is -4.07. The zero-order chi connectivity index (χ0) is 18.0. The van der Waals surface area contributed by atoms with Crippen LogP contribution >= 0.6 is 11.6 Å². The molecule has 1 aromatic carbocycles. The van der Waals surface area contributed by atoms with E-state index in [1.165, 1.54) is 6.07 Å².